The third-order valence-corrected chi connectivity index (χ3v) is 2.49. The summed E-state index contributed by atoms with van der Waals surface area (Å²) in [6.45, 7) is 1.71. The molecule has 2 rings (SSSR count). The van der Waals surface area contributed by atoms with Crippen molar-refractivity contribution < 1.29 is 0 Å². The highest BCUT2D eigenvalue weighted by Gasteiger charge is 2.19. The maximum atomic E-state index is 8.31. The first-order chi connectivity index (χ1) is 8.33. The van der Waals surface area contributed by atoms with Gasteiger partial charge in [0.1, 0.15) is 0 Å². The van der Waals surface area contributed by atoms with Gasteiger partial charge in [-0.1, -0.05) is 35.3 Å². The Balaban J connectivity index is 0.000000249. The lowest BCUT2D eigenvalue weighted by molar-refractivity contribution is 0.707. The van der Waals surface area contributed by atoms with Crippen LogP contribution in [0.15, 0.2) is 29.4 Å². The Hall–Kier alpha value is -2.35. The van der Waals surface area contributed by atoms with Crippen molar-refractivity contribution in [3.63, 3.8) is 0 Å². The summed E-state index contributed by atoms with van der Waals surface area (Å²) in [6.07, 6.45) is 6.72. The molecule has 0 saturated carbocycles. The smallest absolute Gasteiger partial charge is 0.0631 e. The van der Waals surface area contributed by atoms with E-state index in [1.54, 1.807) is 6.92 Å². The van der Waals surface area contributed by atoms with Crippen molar-refractivity contribution in [2.75, 3.05) is 0 Å². The number of benzene rings is 1. The monoisotopic (exact) mass is 223 g/mol. The first kappa shape index (κ1) is 12.7. The summed E-state index contributed by atoms with van der Waals surface area (Å²) in [7, 11) is 0. The summed E-state index contributed by atoms with van der Waals surface area (Å²) >= 11 is 0. The van der Waals surface area contributed by atoms with E-state index >= 15 is 0 Å². The fraction of sp³-hybridized carbons (Fsp3) is 0.286. The first-order valence-electron chi connectivity index (χ1n) is 5.32. The number of fused-ring (bicyclic) bond motifs is 1. The van der Waals surface area contributed by atoms with Crippen LogP contribution in [0.25, 0.3) is 10.4 Å². The molecule has 0 spiro atoms. The van der Waals surface area contributed by atoms with Crippen LogP contribution in [0.3, 0.4) is 0 Å². The largest absolute Gasteiger partial charge is 0.106 e. The molecule has 0 aliphatic heterocycles. The predicted molar refractivity (Wildman–Crippen MR) is 68.9 cm³/mol. The SMILES string of the molecule is C#CC#CC.[N-]=[N+]=N[C@H]1CCc2ccccc21. The molecular weight excluding hydrogens is 210 g/mol. The second-order valence-electron chi connectivity index (χ2n) is 3.48. The molecule has 0 heterocycles. The first-order valence-corrected chi connectivity index (χ1v) is 5.32. The van der Waals surface area contributed by atoms with Crippen LogP contribution in [0.1, 0.15) is 30.5 Å². The molecule has 0 N–H and O–H groups in total. The highest BCUT2D eigenvalue weighted by Crippen LogP contribution is 2.33. The van der Waals surface area contributed by atoms with Gasteiger partial charge in [-0.3, -0.25) is 0 Å². The van der Waals surface area contributed by atoms with Crippen LogP contribution in [-0.2, 0) is 6.42 Å². The van der Waals surface area contributed by atoms with Gasteiger partial charge >= 0.3 is 0 Å². The van der Waals surface area contributed by atoms with E-state index in [9.17, 15) is 0 Å². The van der Waals surface area contributed by atoms with E-state index in [4.69, 9.17) is 12.0 Å². The number of terminal acetylenes is 1. The topological polar surface area (TPSA) is 48.8 Å². The molecule has 1 atom stereocenters. The molecule has 0 saturated heterocycles. The molecule has 0 unspecified atom stereocenters. The van der Waals surface area contributed by atoms with Crippen LogP contribution in [0, 0.1) is 24.2 Å². The van der Waals surface area contributed by atoms with Crippen LogP contribution in [0.2, 0.25) is 0 Å². The molecule has 0 radical (unpaired) electrons. The fourth-order valence-corrected chi connectivity index (χ4v) is 1.79. The molecular formula is C14H13N3. The predicted octanol–water partition coefficient (Wildman–Crippen LogP) is 3.63. The number of rotatable bonds is 1. The van der Waals surface area contributed by atoms with E-state index in [-0.39, 0.29) is 6.04 Å². The van der Waals surface area contributed by atoms with E-state index in [1.165, 1.54) is 11.1 Å². The van der Waals surface area contributed by atoms with E-state index in [0.717, 1.165) is 12.8 Å². The molecule has 17 heavy (non-hydrogen) atoms. The van der Waals surface area contributed by atoms with Gasteiger partial charge in [0, 0.05) is 4.91 Å². The van der Waals surface area contributed by atoms with E-state index in [1.807, 2.05) is 18.2 Å². The van der Waals surface area contributed by atoms with Gasteiger partial charge in [-0.2, -0.15) is 0 Å². The molecule has 1 aromatic carbocycles. The van der Waals surface area contributed by atoms with Gasteiger partial charge in [-0.25, -0.2) is 0 Å². The van der Waals surface area contributed by atoms with Crippen molar-refractivity contribution in [1.82, 2.24) is 0 Å². The van der Waals surface area contributed by atoms with Gasteiger partial charge < -0.3 is 0 Å². The van der Waals surface area contributed by atoms with Crippen molar-refractivity contribution in [3.05, 3.63) is 45.8 Å². The molecule has 3 heteroatoms. The minimum Gasteiger partial charge on any atom is -0.106 e. The van der Waals surface area contributed by atoms with Crippen molar-refractivity contribution >= 4 is 0 Å². The fourth-order valence-electron chi connectivity index (χ4n) is 1.79. The van der Waals surface area contributed by atoms with Crippen LogP contribution >= 0.6 is 0 Å². The zero-order chi connectivity index (χ0) is 12.5. The molecule has 3 nitrogen and oxygen atoms in total. The summed E-state index contributed by atoms with van der Waals surface area (Å²) in [5, 5.41) is 3.75. The molecule has 1 aliphatic rings. The summed E-state index contributed by atoms with van der Waals surface area (Å²) in [4.78, 5) is 2.84. The lowest BCUT2D eigenvalue weighted by Crippen LogP contribution is -1.85. The summed E-state index contributed by atoms with van der Waals surface area (Å²) < 4.78 is 0. The third-order valence-electron chi connectivity index (χ3n) is 2.49. The minimum absolute atomic E-state index is 0.0752. The second kappa shape index (κ2) is 7.01. The van der Waals surface area contributed by atoms with Crippen LogP contribution in [-0.4, -0.2) is 0 Å². The standard InChI is InChI=1S/C9H9N3.C5H4/c10-12-11-9-6-5-7-3-1-2-4-8(7)9;1-3-5-4-2/h1-4,9H,5-6H2;1H,2H3/t9-;/m0./s1. The third kappa shape index (κ3) is 3.61. The quantitative estimate of drug-likeness (QED) is 0.302. The maximum Gasteiger partial charge on any atom is 0.0631 e. The van der Waals surface area contributed by atoms with Crippen LogP contribution in [0.4, 0.5) is 0 Å². The van der Waals surface area contributed by atoms with E-state index < -0.39 is 0 Å². The lowest BCUT2D eigenvalue weighted by atomic mass is 10.1. The van der Waals surface area contributed by atoms with Crippen LogP contribution < -0.4 is 0 Å². The zero-order valence-electron chi connectivity index (χ0n) is 9.72. The highest BCUT2D eigenvalue weighted by molar-refractivity contribution is 5.34. The molecule has 0 amide bonds. The van der Waals surface area contributed by atoms with Gasteiger partial charge in [-0.05, 0) is 48.3 Å². The Labute approximate surface area is 101 Å². The molecule has 1 aromatic rings. The highest BCUT2D eigenvalue weighted by atomic mass is 15.1. The number of hydrogen-bond donors (Lipinski definition) is 0. The Bertz CT molecular complexity index is 522. The maximum absolute atomic E-state index is 8.31. The Morgan fingerprint density at radius 2 is 2.24 bits per heavy atom. The van der Waals surface area contributed by atoms with Crippen molar-refractivity contribution in [2.45, 2.75) is 25.8 Å². The minimum atomic E-state index is 0.0752. The number of azide groups is 1. The number of aryl methyl sites for hydroxylation is 1. The van der Waals surface area contributed by atoms with Crippen molar-refractivity contribution in [2.24, 2.45) is 5.11 Å². The second-order valence-corrected chi connectivity index (χ2v) is 3.48. The Morgan fingerprint density at radius 1 is 1.47 bits per heavy atom. The summed E-state index contributed by atoms with van der Waals surface area (Å²) in [6, 6.07) is 8.23. The van der Waals surface area contributed by atoms with Gasteiger partial charge in [0.15, 0.2) is 0 Å². The molecule has 0 aromatic heterocycles. The molecule has 1 aliphatic carbocycles. The zero-order valence-corrected chi connectivity index (χ0v) is 9.72. The number of nitrogens with zero attached hydrogens (tertiary/aromatic N) is 3. The van der Waals surface area contributed by atoms with Crippen molar-refractivity contribution in [1.29, 1.82) is 0 Å². The molecule has 84 valence electrons. The normalized spacial score (nSPS) is 14.9. The average molecular weight is 223 g/mol. The van der Waals surface area contributed by atoms with E-state index in [0.29, 0.717) is 0 Å². The van der Waals surface area contributed by atoms with Gasteiger partial charge in [0.2, 0.25) is 0 Å². The Morgan fingerprint density at radius 3 is 2.82 bits per heavy atom. The Kier molecular flexibility index (Phi) is 5.25. The average Bonchev–Trinajstić information content (AvgIpc) is 2.76. The van der Waals surface area contributed by atoms with Crippen LogP contribution in [0.5, 0.6) is 0 Å². The molecule has 0 bridgehead atoms. The van der Waals surface area contributed by atoms with Crippen molar-refractivity contribution in [3.8, 4) is 24.2 Å². The lowest BCUT2D eigenvalue weighted by Gasteiger charge is -2.01. The van der Waals surface area contributed by atoms with Gasteiger partial charge in [0.25, 0.3) is 0 Å². The summed E-state index contributed by atoms with van der Waals surface area (Å²) in [5.41, 5.74) is 10.8. The van der Waals surface area contributed by atoms with Gasteiger partial charge in [0.05, 0.1) is 6.04 Å². The van der Waals surface area contributed by atoms with Gasteiger partial charge in [-0.15, -0.1) is 6.42 Å². The molecule has 0 fully saturated rings. The number of hydrogen-bond acceptors (Lipinski definition) is 1. The van der Waals surface area contributed by atoms with E-state index in [2.05, 4.69) is 33.9 Å². The summed E-state index contributed by atoms with van der Waals surface area (Å²) in [5.74, 6) is 7.08.